The molecule has 5 nitrogen and oxygen atoms in total. The summed E-state index contributed by atoms with van der Waals surface area (Å²) in [6, 6.07) is 1.32. The number of rotatable bonds is 4. The zero-order valence-corrected chi connectivity index (χ0v) is 12.2. The van der Waals surface area contributed by atoms with Gasteiger partial charge in [0.25, 0.3) is 5.91 Å². The first-order chi connectivity index (χ1) is 10.3. The summed E-state index contributed by atoms with van der Waals surface area (Å²) < 4.78 is 42.4. The standard InChI is InChI=1S/C14H18F3N3O2/c1-8-5-20(7-14(15,16)17)6-11(8)18-13(21)10-4-12(22-19-10)9-2-3-9/h4,8-9,11H,2-3,5-7H2,1H3,(H,18,21)/t8-,11-/m0/s1. The van der Waals surface area contributed by atoms with Gasteiger partial charge in [0.2, 0.25) is 0 Å². The molecule has 1 N–H and O–H groups in total. The number of nitrogens with one attached hydrogen (secondary N) is 1. The summed E-state index contributed by atoms with van der Waals surface area (Å²) in [6.45, 7) is 1.40. The first kappa shape index (κ1) is 15.3. The average Bonchev–Trinajstić information content (AvgIpc) is 3.03. The SMILES string of the molecule is C[C@H]1CN(CC(F)(F)F)C[C@@H]1NC(=O)c1cc(C2CC2)on1. The number of carbonyl (C=O) groups excluding carboxylic acids is 1. The van der Waals surface area contributed by atoms with Crippen molar-refractivity contribution in [3.8, 4) is 0 Å². The fourth-order valence-electron chi connectivity index (χ4n) is 2.84. The van der Waals surface area contributed by atoms with E-state index in [0.717, 1.165) is 12.8 Å². The van der Waals surface area contributed by atoms with E-state index in [1.807, 2.05) is 6.92 Å². The van der Waals surface area contributed by atoms with E-state index in [2.05, 4.69) is 10.5 Å². The second kappa shape index (κ2) is 5.57. The second-order valence-electron chi connectivity index (χ2n) is 6.26. The lowest BCUT2D eigenvalue weighted by Crippen LogP contribution is -2.41. The number of hydrogen-bond acceptors (Lipinski definition) is 4. The van der Waals surface area contributed by atoms with Gasteiger partial charge >= 0.3 is 6.18 Å². The molecule has 22 heavy (non-hydrogen) atoms. The van der Waals surface area contributed by atoms with Gasteiger partial charge in [-0.2, -0.15) is 13.2 Å². The maximum absolute atomic E-state index is 12.4. The Hall–Kier alpha value is -1.57. The van der Waals surface area contributed by atoms with Gasteiger partial charge in [-0.1, -0.05) is 12.1 Å². The van der Waals surface area contributed by atoms with Crippen molar-refractivity contribution in [1.82, 2.24) is 15.4 Å². The lowest BCUT2D eigenvalue weighted by Gasteiger charge is -2.18. The maximum Gasteiger partial charge on any atom is 0.401 e. The highest BCUT2D eigenvalue weighted by Gasteiger charge is 2.38. The van der Waals surface area contributed by atoms with Gasteiger partial charge in [-0.05, 0) is 18.8 Å². The van der Waals surface area contributed by atoms with Gasteiger partial charge in [0.1, 0.15) is 5.76 Å². The quantitative estimate of drug-likeness (QED) is 0.924. The van der Waals surface area contributed by atoms with Crippen molar-refractivity contribution in [2.45, 2.75) is 37.9 Å². The molecule has 0 spiro atoms. The van der Waals surface area contributed by atoms with Gasteiger partial charge in [0.15, 0.2) is 5.69 Å². The zero-order chi connectivity index (χ0) is 15.9. The number of amides is 1. The molecule has 1 aliphatic heterocycles. The Morgan fingerprint density at radius 1 is 1.45 bits per heavy atom. The topological polar surface area (TPSA) is 58.4 Å². The van der Waals surface area contributed by atoms with Crippen molar-refractivity contribution >= 4 is 5.91 Å². The number of likely N-dealkylation sites (tertiary alicyclic amines) is 1. The maximum atomic E-state index is 12.4. The molecule has 0 unspecified atom stereocenters. The van der Waals surface area contributed by atoms with Gasteiger partial charge in [-0.3, -0.25) is 9.69 Å². The molecule has 2 fully saturated rings. The van der Waals surface area contributed by atoms with Crippen molar-refractivity contribution in [2.24, 2.45) is 5.92 Å². The molecule has 0 aromatic carbocycles. The Morgan fingerprint density at radius 3 is 2.82 bits per heavy atom. The predicted molar refractivity (Wildman–Crippen MR) is 71.4 cm³/mol. The highest BCUT2D eigenvalue weighted by molar-refractivity contribution is 5.92. The van der Waals surface area contributed by atoms with Crippen molar-refractivity contribution < 1.29 is 22.5 Å². The van der Waals surface area contributed by atoms with Crippen LogP contribution in [0.1, 0.15) is 41.9 Å². The summed E-state index contributed by atoms with van der Waals surface area (Å²) >= 11 is 0. The minimum atomic E-state index is -4.22. The largest absolute Gasteiger partial charge is 0.401 e. The molecule has 1 aliphatic carbocycles. The average molecular weight is 317 g/mol. The zero-order valence-electron chi connectivity index (χ0n) is 12.2. The first-order valence-corrected chi connectivity index (χ1v) is 7.38. The molecule has 122 valence electrons. The molecule has 1 aromatic heterocycles. The molecule has 0 radical (unpaired) electrons. The molecular weight excluding hydrogens is 299 g/mol. The summed E-state index contributed by atoms with van der Waals surface area (Å²) in [6.07, 6.45) is -2.13. The van der Waals surface area contributed by atoms with Crippen molar-refractivity contribution in [2.75, 3.05) is 19.6 Å². The normalized spacial score (nSPS) is 26.4. The predicted octanol–water partition coefficient (Wildman–Crippen LogP) is 2.16. The summed E-state index contributed by atoms with van der Waals surface area (Å²) in [7, 11) is 0. The Bertz CT molecular complexity index is 554. The summed E-state index contributed by atoms with van der Waals surface area (Å²) in [4.78, 5) is 13.4. The van der Waals surface area contributed by atoms with Crippen LogP contribution in [0.25, 0.3) is 0 Å². The van der Waals surface area contributed by atoms with Crippen LogP contribution in [-0.2, 0) is 0 Å². The van der Waals surface area contributed by atoms with Crippen LogP contribution in [0.4, 0.5) is 13.2 Å². The van der Waals surface area contributed by atoms with Crippen LogP contribution in [0.2, 0.25) is 0 Å². The van der Waals surface area contributed by atoms with Gasteiger partial charge in [0, 0.05) is 31.1 Å². The number of alkyl halides is 3. The molecule has 2 heterocycles. The van der Waals surface area contributed by atoms with Crippen molar-refractivity contribution in [3.05, 3.63) is 17.5 Å². The number of halogens is 3. The fourth-order valence-corrected chi connectivity index (χ4v) is 2.84. The van der Waals surface area contributed by atoms with E-state index >= 15 is 0 Å². The van der Waals surface area contributed by atoms with E-state index in [0.29, 0.717) is 18.2 Å². The van der Waals surface area contributed by atoms with Crippen LogP contribution in [0, 0.1) is 5.92 Å². The van der Waals surface area contributed by atoms with Gasteiger partial charge in [0.05, 0.1) is 6.54 Å². The Kier molecular flexibility index (Phi) is 3.88. The molecule has 2 atom stereocenters. The molecule has 1 amide bonds. The number of aromatic nitrogens is 1. The number of carbonyl (C=O) groups is 1. The minimum Gasteiger partial charge on any atom is -0.360 e. The van der Waals surface area contributed by atoms with E-state index in [1.165, 1.54) is 4.90 Å². The van der Waals surface area contributed by atoms with E-state index in [1.54, 1.807) is 6.07 Å². The highest BCUT2D eigenvalue weighted by atomic mass is 19.4. The van der Waals surface area contributed by atoms with Crippen LogP contribution in [0.3, 0.4) is 0 Å². The van der Waals surface area contributed by atoms with Gasteiger partial charge in [-0.15, -0.1) is 0 Å². The Morgan fingerprint density at radius 2 is 2.18 bits per heavy atom. The molecule has 1 aromatic rings. The minimum absolute atomic E-state index is 0.0406. The van der Waals surface area contributed by atoms with E-state index in [4.69, 9.17) is 4.52 Å². The van der Waals surface area contributed by atoms with E-state index in [-0.39, 0.29) is 30.1 Å². The molecular formula is C14H18F3N3O2. The Labute approximate surface area is 125 Å². The summed E-state index contributed by atoms with van der Waals surface area (Å²) in [5.74, 6) is 0.646. The fraction of sp³-hybridized carbons (Fsp3) is 0.714. The van der Waals surface area contributed by atoms with Gasteiger partial charge < -0.3 is 9.84 Å². The third-order valence-electron chi connectivity index (χ3n) is 4.15. The molecule has 1 saturated heterocycles. The third kappa shape index (κ3) is 3.60. The van der Waals surface area contributed by atoms with Crippen LogP contribution >= 0.6 is 0 Å². The molecule has 1 saturated carbocycles. The van der Waals surface area contributed by atoms with Gasteiger partial charge in [-0.25, -0.2) is 0 Å². The van der Waals surface area contributed by atoms with Crippen LogP contribution in [0.5, 0.6) is 0 Å². The second-order valence-corrected chi connectivity index (χ2v) is 6.26. The molecule has 2 aliphatic rings. The monoisotopic (exact) mass is 317 g/mol. The van der Waals surface area contributed by atoms with E-state index in [9.17, 15) is 18.0 Å². The summed E-state index contributed by atoms with van der Waals surface area (Å²) in [5, 5.41) is 6.51. The number of nitrogens with zero attached hydrogens (tertiary/aromatic N) is 2. The van der Waals surface area contributed by atoms with Crippen LogP contribution in [0.15, 0.2) is 10.6 Å². The van der Waals surface area contributed by atoms with E-state index < -0.39 is 12.7 Å². The highest BCUT2D eigenvalue weighted by Crippen LogP contribution is 2.40. The lowest BCUT2D eigenvalue weighted by molar-refractivity contribution is -0.143. The molecule has 3 rings (SSSR count). The van der Waals surface area contributed by atoms with Crippen molar-refractivity contribution in [3.63, 3.8) is 0 Å². The first-order valence-electron chi connectivity index (χ1n) is 7.38. The third-order valence-corrected chi connectivity index (χ3v) is 4.15. The summed E-state index contributed by atoms with van der Waals surface area (Å²) in [5.41, 5.74) is 0.198. The van der Waals surface area contributed by atoms with Crippen molar-refractivity contribution in [1.29, 1.82) is 0 Å². The number of hydrogen-bond donors (Lipinski definition) is 1. The molecule has 0 bridgehead atoms. The molecule has 8 heteroatoms. The van der Waals surface area contributed by atoms with Crippen LogP contribution < -0.4 is 5.32 Å². The lowest BCUT2D eigenvalue weighted by atomic mass is 10.1. The van der Waals surface area contributed by atoms with Crippen LogP contribution in [-0.4, -0.2) is 47.8 Å². The smallest absolute Gasteiger partial charge is 0.360 e. The Balaban J connectivity index is 1.56.